The predicted octanol–water partition coefficient (Wildman–Crippen LogP) is 1.50. The Morgan fingerprint density at radius 3 is 2.85 bits per heavy atom. The summed E-state index contributed by atoms with van der Waals surface area (Å²) in [6.07, 6.45) is 3.78. The molecule has 2 aromatic rings. The first kappa shape index (κ1) is 13.1. The van der Waals surface area contributed by atoms with Crippen molar-refractivity contribution in [3.8, 4) is 0 Å². The number of piperidine rings is 1. The van der Waals surface area contributed by atoms with E-state index in [0.29, 0.717) is 11.3 Å². The zero-order valence-electron chi connectivity index (χ0n) is 11.6. The molecule has 0 saturated carbocycles. The van der Waals surface area contributed by atoms with Gasteiger partial charge in [-0.2, -0.15) is 0 Å². The molecule has 0 aliphatic carbocycles. The fourth-order valence-corrected chi connectivity index (χ4v) is 2.59. The Bertz CT molecular complexity index is 617. The minimum atomic E-state index is -0.398. The molecule has 1 fully saturated rings. The number of nitrogens with zero attached hydrogens (tertiary/aromatic N) is 4. The first-order valence-corrected chi connectivity index (χ1v) is 6.93. The van der Waals surface area contributed by atoms with Crippen LogP contribution in [-0.2, 0) is 11.3 Å². The zero-order chi connectivity index (χ0) is 13.9. The predicted molar refractivity (Wildman–Crippen MR) is 73.5 cm³/mol. The van der Waals surface area contributed by atoms with Gasteiger partial charge in [-0.25, -0.2) is 14.3 Å². The summed E-state index contributed by atoms with van der Waals surface area (Å²) in [4.78, 5) is 18.5. The van der Waals surface area contributed by atoms with Crippen molar-refractivity contribution in [1.82, 2.24) is 19.5 Å². The van der Waals surface area contributed by atoms with Gasteiger partial charge in [0.2, 0.25) is 0 Å². The van der Waals surface area contributed by atoms with E-state index in [-0.39, 0.29) is 0 Å². The molecule has 0 atom stereocenters. The molecule has 0 unspecified atom stereocenters. The largest absolute Gasteiger partial charge is 0.464 e. The molecule has 3 rings (SSSR count). The number of ether oxygens (including phenoxy) is 1. The first-order valence-electron chi connectivity index (χ1n) is 6.93. The maximum absolute atomic E-state index is 11.7. The fourth-order valence-electron chi connectivity index (χ4n) is 2.59. The summed E-state index contributed by atoms with van der Waals surface area (Å²) in [7, 11) is 1.37. The van der Waals surface area contributed by atoms with Crippen LogP contribution in [0.25, 0.3) is 5.65 Å². The Balaban J connectivity index is 1.88. The van der Waals surface area contributed by atoms with Crippen LogP contribution in [0.1, 0.15) is 35.6 Å². The number of hydrogen-bond donors (Lipinski definition) is 0. The second-order valence-electron chi connectivity index (χ2n) is 5.04. The Kier molecular flexibility index (Phi) is 3.64. The molecule has 0 N–H and O–H groups in total. The molecule has 1 saturated heterocycles. The molecule has 0 bridgehead atoms. The zero-order valence-corrected chi connectivity index (χ0v) is 11.6. The van der Waals surface area contributed by atoms with Crippen LogP contribution in [-0.4, -0.2) is 45.7 Å². The second kappa shape index (κ2) is 5.58. The van der Waals surface area contributed by atoms with Crippen LogP contribution in [0.3, 0.4) is 0 Å². The number of pyridine rings is 1. The van der Waals surface area contributed by atoms with E-state index in [1.807, 2.05) is 6.07 Å². The number of methoxy groups -OCH3 is 1. The van der Waals surface area contributed by atoms with E-state index in [1.165, 1.54) is 26.4 Å². The quantitative estimate of drug-likeness (QED) is 0.794. The number of rotatable bonds is 3. The molecular weight excluding hydrogens is 256 g/mol. The van der Waals surface area contributed by atoms with E-state index in [4.69, 9.17) is 4.74 Å². The lowest BCUT2D eigenvalue weighted by molar-refractivity contribution is 0.0590. The van der Waals surface area contributed by atoms with E-state index >= 15 is 0 Å². The average molecular weight is 274 g/mol. The topological polar surface area (TPSA) is 59.7 Å². The van der Waals surface area contributed by atoms with E-state index in [1.54, 1.807) is 16.6 Å². The summed E-state index contributed by atoms with van der Waals surface area (Å²) in [5, 5.41) is 4.44. The molecule has 3 heterocycles. The third kappa shape index (κ3) is 2.51. The van der Waals surface area contributed by atoms with E-state index < -0.39 is 5.97 Å². The van der Waals surface area contributed by atoms with Gasteiger partial charge in [-0.15, -0.1) is 5.10 Å². The number of carbonyl (C=O) groups excluding carboxylic acids is 1. The van der Waals surface area contributed by atoms with Crippen LogP contribution in [0, 0.1) is 0 Å². The molecule has 0 amide bonds. The highest BCUT2D eigenvalue weighted by Crippen LogP contribution is 2.13. The molecule has 0 radical (unpaired) electrons. The van der Waals surface area contributed by atoms with Crippen LogP contribution >= 0.6 is 0 Å². The average Bonchev–Trinajstić information content (AvgIpc) is 2.89. The van der Waals surface area contributed by atoms with Crippen LogP contribution < -0.4 is 0 Å². The summed E-state index contributed by atoms with van der Waals surface area (Å²) >= 11 is 0. The SMILES string of the molecule is COC(=O)c1cccc2nc(CN3CCCCC3)nn12. The van der Waals surface area contributed by atoms with Gasteiger partial charge in [0.25, 0.3) is 0 Å². The van der Waals surface area contributed by atoms with Crippen molar-refractivity contribution in [2.45, 2.75) is 25.8 Å². The van der Waals surface area contributed by atoms with Crippen molar-refractivity contribution >= 4 is 11.6 Å². The summed E-state index contributed by atoms with van der Waals surface area (Å²) in [6.45, 7) is 2.93. The Morgan fingerprint density at radius 2 is 2.10 bits per heavy atom. The number of fused-ring (bicyclic) bond motifs is 1. The van der Waals surface area contributed by atoms with Gasteiger partial charge in [0, 0.05) is 0 Å². The normalized spacial score (nSPS) is 16.4. The van der Waals surface area contributed by atoms with Gasteiger partial charge < -0.3 is 4.74 Å². The summed E-state index contributed by atoms with van der Waals surface area (Å²) in [6, 6.07) is 5.33. The maximum atomic E-state index is 11.7. The van der Waals surface area contributed by atoms with Crippen LogP contribution in [0.5, 0.6) is 0 Å². The molecule has 2 aromatic heterocycles. The maximum Gasteiger partial charge on any atom is 0.356 e. The molecule has 0 spiro atoms. The highest BCUT2D eigenvalue weighted by Gasteiger charge is 2.16. The molecule has 1 aliphatic heterocycles. The lowest BCUT2D eigenvalue weighted by atomic mass is 10.1. The van der Waals surface area contributed by atoms with Crippen LogP contribution in [0.4, 0.5) is 0 Å². The molecule has 106 valence electrons. The molecule has 6 nitrogen and oxygen atoms in total. The Hall–Kier alpha value is -1.95. The number of aromatic nitrogens is 3. The van der Waals surface area contributed by atoms with E-state index in [0.717, 1.165) is 25.5 Å². The second-order valence-corrected chi connectivity index (χ2v) is 5.04. The standard InChI is InChI=1S/C14H18N4O2/c1-20-14(19)11-6-5-7-13-15-12(16-18(11)13)10-17-8-3-2-4-9-17/h5-7H,2-4,8-10H2,1H3. The lowest BCUT2D eigenvalue weighted by Gasteiger charge is -2.24. The Labute approximate surface area is 117 Å². The number of carbonyl (C=O) groups is 1. The molecule has 20 heavy (non-hydrogen) atoms. The summed E-state index contributed by atoms with van der Waals surface area (Å²) in [5.41, 5.74) is 1.09. The van der Waals surface area contributed by atoms with Crippen molar-refractivity contribution in [3.05, 3.63) is 29.7 Å². The fraction of sp³-hybridized carbons (Fsp3) is 0.500. The molecule has 0 aromatic carbocycles. The minimum Gasteiger partial charge on any atom is -0.464 e. The van der Waals surface area contributed by atoms with Gasteiger partial charge in [-0.1, -0.05) is 12.5 Å². The monoisotopic (exact) mass is 274 g/mol. The van der Waals surface area contributed by atoms with Gasteiger partial charge in [0.1, 0.15) is 0 Å². The van der Waals surface area contributed by atoms with Crippen LogP contribution in [0.2, 0.25) is 0 Å². The van der Waals surface area contributed by atoms with Crippen molar-refractivity contribution in [3.63, 3.8) is 0 Å². The third-order valence-electron chi connectivity index (χ3n) is 3.61. The molecule has 1 aliphatic rings. The first-order chi connectivity index (χ1) is 9.78. The third-order valence-corrected chi connectivity index (χ3v) is 3.61. The lowest BCUT2D eigenvalue weighted by Crippen LogP contribution is -2.29. The van der Waals surface area contributed by atoms with Crippen molar-refractivity contribution in [2.75, 3.05) is 20.2 Å². The van der Waals surface area contributed by atoms with Gasteiger partial charge in [-0.05, 0) is 38.1 Å². The number of hydrogen-bond acceptors (Lipinski definition) is 5. The van der Waals surface area contributed by atoms with E-state index in [9.17, 15) is 4.79 Å². The van der Waals surface area contributed by atoms with Crippen molar-refractivity contribution in [2.24, 2.45) is 0 Å². The minimum absolute atomic E-state index is 0.398. The highest BCUT2D eigenvalue weighted by molar-refractivity contribution is 5.88. The Morgan fingerprint density at radius 1 is 1.30 bits per heavy atom. The van der Waals surface area contributed by atoms with Crippen LogP contribution in [0.15, 0.2) is 18.2 Å². The van der Waals surface area contributed by atoms with Crippen molar-refractivity contribution in [1.29, 1.82) is 0 Å². The van der Waals surface area contributed by atoms with Gasteiger partial charge in [0.05, 0.1) is 13.7 Å². The summed E-state index contributed by atoms with van der Waals surface area (Å²) in [5.74, 6) is 0.355. The van der Waals surface area contributed by atoms with Gasteiger partial charge in [-0.3, -0.25) is 4.90 Å². The molecular formula is C14H18N4O2. The summed E-state index contributed by atoms with van der Waals surface area (Å²) < 4.78 is 6.33. The number of esters is 1. The smallest absolute Gasteiger partial charge is 0.356 e. The highest BCUT2D eigenvalue weighted by atomic mass is 16.5. The van der Waals surface area contributed by atoms with Gasteiger partial charge in [0.15, 0.2) is 17.2 Å². The van der Waals surface area contributed by atoms with E-state index in [2.05, 4.69) is 15.0 Å². The molecule has 6 heteroatoms. The number of likely N-dealkylation sites (tertiary alicyclic amines) is 1. The van der Waals surface area contributed by atoms with Gasteiger partial charge >= 0.3 is 5.97 Å². The van der Waals surface area contributed by atoms with Crippen molar-refractivity contribution < 1.29 is 9.53 Å².